The molecule has 1 aliphatic rings. The third kappa shape index (κ3) is 3.87. The number of hydrogen-bond acceptors (Lipinski definition) is 4. The predicted octanol–water partition coefficient (Wildman–Crippen LogP) is 4.93. The fraction of sp³-hybridized carbons (Fsp3) is 0.0870. The van der Waals surface area contributed by atoms with E-state index in [1.54, 1.807) is 24.3 Å². The largest absolute Gasteiger partial charge is 0.494 e. The second-order valence-electron chi connectivity index (χ2n) is 6.72. The number of halogens is 2. The highest BCUT2D eigenvalue weighted by molar-refractivity contribution is 6.35. The summed E-state index contributed by atoms with van der Waals surface area (Å²) in [5.74, 6) is -1.49. The van der Waals surface area contributed by atoms with E-state index in [0.29, 0.717) is 23.7 Å². The van der Waals surface area contributed by atoms with E-state index in [0.717, 1.165) is 11.0 Å². The van der Waals surface area contributed by atoms with Gasteiger partial charge < -0.3 is 10.1 Å². The molecule has 3 aromatic carbocycles. The SMILES string of the molecule is CCOc1ccc(N2C(=O)c3ccc(C(=O)Nc4ccc(F)c(Cl)c4)cc3C2=O)cc1. The molecular formula is C23H16ClFN2O4. The monoisotopic (exact) mass is 438 g/mol. The summed E-state index contributed by atoms with van der Waals surface area (Å²) in [4.78, 5) is 39.3. The van der Waals surface area contributed by atoms with Gasteiger partial charge in [-0.3, -0.25) is 14.4 Å². The Morgan fingerprint density at radius 2 is 1.71 bits per heavy atom. The van der Waals surface area contributed by atoms with Crippen molar-refractivity contribution < 1.29 is 23.5 Å². The maximum absolute atomic E-state index is 13.3. The Morgan fingerprint density at radius 3 is 2.39 bits per heavy atom. The highest BCUT2D eigenvalue weighted by atomic mass is 35.5. The Morgan fingerprint density at radius 1 is 1.00 bits per heavy atom. The molecule has 31 heavy (non-hydrogen) atoms. The smallest absolute Gasteiger partial charge is 0.266 e. The molecular weight excluding hydrogens is 423 g/mol. The van der Waals surface area contributed by atoms with E-state index < -0.39 is 23.5 Å². The molecule has 6 nitrogen and oxygen atoms in total. The van der Waals surface area contributed by atoms with Gasteiger partial charge in [-0.25, -0.2) is 9.29 Å². The van der Waals surface area contributed by atoms with Crippen molar-refractivity contribution in [3.05, 3.63) is 88.2 Å². The zero-order valence-electron chi connectivity index (χ0n) is 16.3. The normalized spacial score (nSPS) is 12.7. The molecule has 0 spiro atoms. The number of ether oxygens (including phenoxy) is 1. The molecule has 1 N–H and O–H groups in total. The summed E-state index contributed by atoms with van der Waals surface area (Å²) in [6, 6.07) is 14.6. The minimum absolute atomic E-state index is 0.126. The topological polar surface area (TPSA) is 75.7 Å². The van der Waals surface area contributed by atoms with Crippen molar-refractivity contribution in [3.8, 4) is 5.75 Å². The van der Waals surface area contributed by atoms with Crippen molar-refractivity contribution in [1.82, 2.24) is 0 Å². The summed E-state index contributed by atoms with van der Waals surface area (Å²) in [6.07, 6.45) is 0. The Labute approximate surface area is 182 Å². The van der Waals surface area contributed by atoms with Crippen molar-refractivity contribution in [2.75, 3.05) is 16.8 Å². The van der Waals surface area contributed by atoms with Gasteiger partial charge in [-0.1, -0.05) is 11.6 Å². The van der Waals surface area contributed by atoms with Crippen LogP contribution in [0.4, 0.5) is 15.8 Å². The molecule has 0 atom stereocenters. The van der Waals surface area contributed by atoms with Gasteiger partial charge in [0.05, 0.1) is 28.4 Å². The number of fused-ring (bicyclic) bond motifs is 1. The van der Waals surface area contributed by atoms with Gasteiger partial charge in [-0.2, -0.15) is 0 Å². The van der Waals surface area contributed by atoms with Crippen LogP contribution in [0.2, 0.25) is 5.02 Å². The van der Waals surface area contributed by atoms with Gasteiger partial charge >= 0.3 is 0 Å². The standard InChI is InChI=1S/C23H16ClFN2O4/c1-2-31-16-7-5-15(6-8-16)27-22(29)17-9-3-13(11-18(17)23(27)30)21(28)26-14-4-10-20(25)19(24)12-14/h3-12H,2H2,1H3,(H,26,28). The summed E-state index contributed by atoms with van der Waals surface area (Å²) in [6.45, 7) is 2.36. The molecule has 0 radical (unpaired) electrons. The fourth-order valence-corrected chi connectivity index (χ4v) is 3.43. The van der Waals surface area contributed by atoms with Crippen LogP contribution in [0.5, 0.6) is 5.75 Å². The van der Waals surface area contributed by atoms with Crippen molar-refractivity contribution in [3.63, 3.8) is 0 Å². The van der Waals surface area contributed by atoms with E-state index in [9.17, 15) is 18.8 Å². The van der Waals surface area contributed by atoms with Crippen LogP contribution >= 0.6 is 11.6 Å². The van der Waals surface area contributed by atoms with Crippen LogP contribution in [-0.2, 0) is 0 Å². The van der Waals surface area contributed by atoms with Crippen molar-refractivity contribution in [2.45, 2.75) is 6.92 Å². The molecule has 1 heterocycles. The highest BCUT2D eigenvalue weighted by Gasteiger charge is 2.37. The maximum Gasteiger partial charge on any atom is 0.266 e. The molecule has 0 fully saturated rings. The van der Waals surface area contributed by atoms with Crippen LogP contribution in [0, 0.1) is 5.82 Å². The van der Waals surface area contributed by atoms with E-state index in [2.05, 4.69) is 5.32 Å². The van der Waals surface area contributed by atoms with E-state index >= 15 is 0 Å². The summed E-state index contributed by atoms with van der Waals surface area (Å²) in [5, 5.41) is 2.46. The zero-order chi connectivity index (χ0) is 22.1. The minimum Gasteiger partial charge on any atom is -0.494 e. The Kier molecular flexibility index (Phi) is 5.44. The number of nitrogens with zero attached hydrogens (tertiary/aromatic N) is 1. The highest BCUT2D eigenvalue weighted by Crippen LogP contribution is 2.30. The minimum atomic E-state index is -0.601. The number of nitrogens with one attached hydrogen (secondary N) is 1. The average molecular weight is 439 g/mol. The van der Waals surface area contributed by atoms with Crippen molar-refractivity contribution in [1.29, 1.82) is 0 Å². The van der Waals surface area contributed by atoms with Gasteiger partial charge in [0, 0.05) is 11.3 Å². The summed E-state index contributed by atoms with van der Waals surface area (Å²) < 4.78 is 18.7. The van der Waals surface area contributed by atoms with Crippen LogP contribution in [0.25, 0.3) is 0 Å². The number of benzene rings is 3. The van der Waals surface area contributed by atoms with E-state index in [-0.39, 0.29) is 21.7 Å². The van der Waals surface area contributed by atoms with Crippen molar-refractivity contribution in [2.24, 2.45) is 0 Å². The van der Waals surface area contributed by atoms with Crippen molar-refractivity contribution >= 4 is 40.7 Å². The number of anilines is 2. The molecule has 0 saturated carbocycles. The van der Waals surface area contributed by atoms with E-state index in [1.807, 2.05) is 6.92 Å². The number of carbonyl (C=O) groups is 3. The number of hydrogen-bond donors (Lipinski definition) is 1. The van der Waals surface area contributed by atoms with Crippen LogP contribution < -0.4 is 15.0 Å². The molecule has 0 aromatic heterocycles. The first-order valence-electron chi connectivity index (χ1n) is 9.41. The third-order valence-electron chi connectivity index (χ3n) is 4.73. The third-order valence-corrected chi connectivity index (χ3v) is 5.02. The second-order valence-corrected chi connectivity index (χ2v) is 7.12. The van der Waals surface area contributed by atoms with Gasteiger partial charge in [0.1, 0.15) is 11.6 Å². The molecule has 3 aromatic rings. The summed E-state index contributed by atoms with van der Waals surface area (Å²) >= 11 is 5.73. The van der Waals surface area contributed by atoms with Gasteiger partial charge in [-0.05, 0) is 67.6 Å². The number of amides is 3. The quantitative estimate of drug-likeness (QED) is 0.573. The lowest BCUT2D eigenvalue weighted by molar-refractivity contribution is 0.0925. The van der Waals surface area contributed by atoms with E-state index in [1.165, 1.54) is 30.3 Å². The molecule has 4 rings (SSSR count). The fourth-order valence-electron chi connectivity index (χ4n) is 3.25. The lowest BCUT2D eigenvalue weighted by Gasteiger charge is -2.14. The summed E-state index contributed by atoms with van der Waals surface area (Å²) in [5.41, 5.74) is 1.22. The Balaban J connectivity index is 1.58. The molecule has 0 bridgehead atoms. The second kappa shape index (κ2) is 8.20. The Hall–Kier alpha value is -3.71. The van der Waals surface area contributed by atoms with Crippen LogP contribution in [0.3, 0.4) is 0 Å². The van der Waals surface area contributed by atoms with Gasteiger partial charge in [0.15, 0.2) is 0 Å². The zero-order valence-corrected chi connectivity index (χ0v) is 17.1. The van der Waals surface area contributed by atoms with Gasteiger partial charge in [-0.15, -0.1) is 0 Å². The molecule has 3 amide bonds. The molecule has 0 unspecified atom stereocenters. The van der Waals surface area contributed by atoms with Crippen LogP contribution in [0.15, 0.2) is 60.7 Å². The first-order chi connectivity index (χ1) is 14.9. The Bertz CT molecular complexity index is 1210. The first kappa shape index (κ1) is 20.6. The molecule has 0 saturated heterocycles. The van der Waals surface area contributed by atoms with Gasteiger partial charge in [0.2, 0.25) is 0 Å². The summed E-state index contributed by atoms with van der Waals surface area (Å²) in [7, 11) is 0. The number of carbonyl (C=O) groups excluding carboxylic acids is 3. The first-order valence-corrected chi connectivity index (χ1v) is 9.79. The predicted molar refractivity (Wildman–Crippen MR) is 115 cm³/mol. The number of rotatable bonds is 5. The average Bonchev–Trinajstić information content (AvgIpc) is 3.01. The number of imide groups is 1. The van der Waals surface area contributed by atoms with Gasteiger partial charge in [0.25, 0.3) is 17.7 Å². The maximum atomic E-state index is 13.3. The lowest BCUT2D eigenvalue weighted by Crippen LogP contribution is -2.29. The molecule has 8 heteroatoms. The van der Waals surface area contributed by atoms with Crippen LogP contribution in [0.1, 0.15) is 38.0 Å². The molecule has 156 valence electrons. The van der Waals surface area contributed by atoms with E-state index in [4.69, 9.17) is 16.3 Å². The molecule has 1 aliphatic heterocycles. The van der Waals surface area contributed by atoms with Crippen LogP contribution in [-0.4, -0.2) is 24.3 Å². The molecule has 0 aliphatic carbocycles. The lowest BCUT2D eigenvalue weighted by atomic mass is 10.1.